The zero-order valence-electron chi connectivity index (χ0n) is 54.5. The van der Waals surface area contributed by atoms with Crippen molar-refractivity contribution >= 4 is 17.9 Å². The highest BCUT2D eigenvalue weighted by molar-refractivity contribution is 5.71. The molecule has 0 saturated carbocycles. The summed E-state index contributed by atoms with van der Waals surface area (Å²) < 4.78 is 17.0. The van der Waals surface area contributed by atoms with Crippen molar-refractivity contribution in [3.63, 3.8) is 0 Å². The van der Waals surface area contributed by atoms with E-state index in [0.717, 1.165) is 116 Å². The van der Waals surface area contributed by atoms with Crippen LogP contribution in [-0.4, -0.2) is 37.2 Å². The van der Waals surface area contributed by atoms with Crippen LogP contribution in [0.15, 0.2) is 85.1 Å². The number of hydrogen-bond acceptors (Lipinski definition) is 6. The van der Waals surface area contributed by atoms with E-state index >= 15 is 0 Å². The Morgan fingerprint density at radius 2 is 0.500 bits per heavy atom. The second-order valence-corrected chi connectivity index (χ2v) is 23.8. The zero-order chi connectivity index (χ0) is 59.2. The van der Waals surface area contributed by atoms with Crippen molar-refractivity contribution in [2.75, 3.05) is 13.2 Å². The summed E-state index contributed by atoms with van der Waals surface area (Å²) in [6.45, 7) is 6.50. The molecule has 1 atom stereocenters. The fraction of sp³-hybridized carbons (Fsp3) is 0.776. The third-order valence-corrected chi connectivity index (χ3v) is 15.6. The molecule has 0 aliphatic rings. The summed E-state index contributed by atoms with van der Waals surface area (Å²) in [4.78, 5) is 38.4. The Balaban J connectivity index is 4.11. The Kier molecular flexibility index (Phi) is 67.2. The minimum atomic E-state index is -0.779. The number of carbonyl (C=O) groups excluding carboxylic acids is 3. The first kappa shape index (κ1) is 78.6. The molecule has 0 aromatic rings. The van der Waals surface area contributed by atoms with E-state index < -0.39 is 6.10 Å². The highest BCUT2D eigenvalue weighted by atomic mass is 16.6. The number of hydrogen-bond donors (Lipinski definition) is 0. The molecule has 0 aliphatic heterocycles. The maximum absolute atomic E-state index is 12.9. The van der Waals surface area contributed by atoms with E-state index in [1.807, 2.05) is 0 Å². The van der Waals surface area contributed by atoms with Crippen LogP contribution in [0.2, 0.25) is 0 Å². The molecule has 0 aliphatic carbocycles. The predicted octanol–water partition coefficient (Wildman–Crippen LogP) is 24.6. The predicted molar refractivity (Wildman–Crippen MR) is 358 cm³/mol. The van der Waals surface area contributed by atoms with Crippen LogP contribution in [0.1, 0.15) is 361 Å². The van der Waals surface area contributed by atoms with Gasteiger partial charge in [-0.15, -0.1) is 0 Å². The third kappa shape index (κ3) is 67.4. The van der Waals surface area contributed by atoms with E-state index in [2.05, 4.69) is 106 Å². The monoisotopic (exact) mass is 1140 g/mol. The first-order chi connectivity index (χ1) is 40.5. The largest absolute Gasteiger partial charge is 0.462 e. The molecular weight excluding hydrogens is 1010 g/mol. The van der Waals surface area contributed by atoms with Crippen LogP contribution < -0.4 is 0 Å². The van der Waals surface area contributed by atoms with Gasteiger partial charge in [0.05, 0.1) is 0 Å². The fourth-order valence-corrected chi connectivity index (χ4v) is 10.3. The molecule has 6 heteroatoms. The minimum Gasteiger partial charge on any atom is -0.462 e. The lowest BCUT2D eigenvalue weighted by molar-refractivity contribution is -0.167. The smallest absolute Gasteiger partial charge is 0.306 e. The van der Waals surface area contributed by atoms with E-state index in [4.69, 9.17) is 14.2 Å². The Morgan fingerprint density at radius 3 is 0.793 bits per heavy atom. The van der Waals surface area contributed by atoms with Crippen molar-refractivity contribution in [3.05, 3.63) is 85.1 Å². The van der Waals surface area contributed by atoms with Crippen LogP contribution >= 0.6 is 0 Å². The van der Waals surface area contributed by atoms with Gasteiger partial charge in [-0.2, -0.15) is 0 Å². The molecule has 0 rings (SSSR count). The van der Waals surface area contributed by atoms with Gasteiger partial charge in [0.15, 0.2) is 6.10 Å². The summed E-state index contributed by atoms with van der Waals surface area (Å²) in [6.07, 6.45) is 93.4. The number of carbonyl (C=O) groups is 3. The van der Waals surface area contributed by atoms with Crippen molar-refractivity contribution in [3.8, 4) is 0 Å². The van der Waals surface area contributed by atoms with Crippen molar-refractivity contribution in [1.29, 1.82) is 0 Å². The van der Waals surface area contributed by atoms with Crippen LogP contribution in [0.25, 0.3) is 0 Å². The number of allylic oxidation sites excluding steroid dienone is 14. The lowest BCUT2D eigenvalue weighted by Gasteiger charge is -2.18. The Hall–Kier alpha value is -3.41. The minimum absolute atomic E-state index is 0.0748. The lowest BCUT2D eigenvalue weighted by Crippen LogP contribution is -2.30. The van der Waals surface area contributed by atoms with E-state index in [9.17, 15) is 14.4 Å². The Morgan fingerprint density at radius 1 is 0.256 bits per heavy atom. The van der Waals surface area contributed by atoms with Crippen LogP contribution in [0.5, 0.6) is 0 Å². The average molecular weight is 1140 g/mol. The van der Waals surface area contributed by atoms with Gasteiger partial charge in [0, 0.05) is 19.3 Å². The maximum Gasteiger partial charge on any atom is 0.306 e. The topological polar surface area (TPSA) is 78.9 Å². The summed E-state index contributed by atoms with van der Waals surface area (Å²) in [7, 11) is 0. The third-order valence-electron chi connectivity index (χ3n) is 15.6. The van der Waals surface area contributed by atoms with E-state index in [0.29, 0.717) is 19.3 Å². The van der Waals surface area contributed by atoms with Gasteiger partial charge in [-0.25, -0.2) is 0 Å². The molecular formula is C76H134O6. The van der Waals surface area contributed by atoms with Crippen LogP contribution in [0.3, 0.4) is 0 Å². The van der Waals surface area contributed by atoms with Crippen molar-refractivity contribution in [1.82, 2.24) is 0 Å². The number of unbranched alkanes of at least 4 members (excludes halogenated alkanes) is 40. The summed E-state index contributed by atoms with van der Waals surface area (Å²) >= 11 is 0. The van der Waals surface area contributed by atoms with Gasteiger partial charge in [0.2, 0.25) is 0 Å². The molecule has 0 spiro atoms. The van der Waals surface area contributed by atoms with E-state index in [-0.39, 0.29) is 31.1 Å². The summed E-state index contributed by atoms with van der Waals surface area (Å²) in [5.41, 5.74) is 0. The molecule has 0 aromatic heterocycles. The molecule has 0 saturated heterocycles. The van der Waals surface area contributed by atoms with Crippen LogP contribution in [0.4, 0.5) is 0 Å². The summed E-state index contributed by atoms with van der Waals surface area (Å²) in [6, 6.07) is 0. The van der Waals surface area contributed by atoms with Gasteiger partial charge in [0.1, 0.15) is 13.2 Å². The Labute approximate surface area is 509 Å². The SMILES string of the molecule is CC/C=C\C/C=C\C/C=C\C/C=C\C/C=C\CCCCCCCCCCCCCCCCCCCCCC(=O)OCC(COC(=O)CCCCCCC/C=C\C/C=C\CCC)OC(=O)CCCCCCCCCCCCCCCCCC. The van der Waals surface area contributed by atoms with Gasteiger partial charge in [-0.3, -0.25) is 14.4 Å². The van der Waals surface area contributed by atoms with Crippen molar-refractivity contribution < 1.29 is 28.6 Å². The quantitative estimate of drug-likeness (QED) is 0.0261. The number of esters is 3. The fourth-order valence-electron chi connectivity index (χ4n) is 10.3. The molecule has 6 nitrogen and oxygen atoms in total. The molecule has 0 aromatic carbocycles. The van der Waals surface area contributed by atoms with Gasteiger partial charge in [-0.1, -0.05) is 337 Å². The molecule has 0 fully saturated rings. The van der Waals surface area contributed by atoms with Crippen LogP contribution in [0, 0.1) is 0 Å². The number of ether oxygens (including phenoxy) is 3. The molecule has 0 radical (unpaired) electrons. The highest BCUT2D eigenvalue weighted by Gasteiger charge is 2.19. The summed E-state index contributed by atoms with van der Waals surface area (Å²) in [5.74, 6) is -0.868. The zero-order valence-corrected chi connectivity index (χ0v) is 54.5. The first-order valence-corrected chi connectivity index (χ1v) is 35.6. The molecule has 82 heavy (non-hydrogen) atoms. The molecule has 1 unspecified atom stereocenters. The molecule has 0 N–H and O–H groups in total. The van der Waals surface area contributed by atoms with E-state index in [1.165, 1.54) is 205 Å². The molecule has 0 bridgehead atoms. The first-order valence-electron chi connectivity index (χ1n) is 35.6. The molecule has 0 heterocycles. The highest BCUT2D eigenvalue weighted by Crippen LogP contribution is 2.18. The van der Waals surface area contributed by atoms with Gasteiger partial charge in [0.25, 0.3) is 0 Å². The standard InChI is InChI=1S/C76H134O6/c1-4-7-10-13-16-19-22-25-27-29-30-31-32-33-34-35-36-37-38-39-40-41-42-43-44-45-46-47-49-51-54-57-60-63-66-69-75(78)81-72-73(71-80-74(77)68-65-62-59-56-53-50-24-21-18-15-12-9-6-3)82-76(79)70-67-64-61-58-55-52-48-28-26-23-20-17-14-11-8-5-2/h7,10,12,15-16,19,21,24-25,27,30-31,33-34,73H,4-6,8-9,11,13-14,17-18,20,22-23,26,28-29,32,35-72H2,1-3H3/b10-7-,15-12-,19-16-,24-21-,27-25-,31-30-,34-33-. The lowest BCUT2D eigenvalue weighted by atomic mass is 10.0. The van der Waals surface area contributed by atoms with Crippen molar-refractivity contribution in [2.24, 2.45) is 0 Å². The average Bonchev–Trinajstić information content (AvgIpc) is 3.47. The Bertz CT molecular complexity index is 1550. The normalized spacial score (nSPS) is 12.6. The number of rotatable bonds is 65. The van der Waals surface area contributed by atoms with Gasteiger partial charge in [-0.05, 0) is 89.9 Å². The van der Waals surface area contributed by atoms with Gasteiger partial charge >= 0.3 is 17.9 Å². The second kappa shape index (κ2) is 70.1. The second-order valence-electron chi connectivity index (χ2n) is 23.8. The maximum atomic E-state index is 12.9. The molecule has 0 amide bonds. The van der Waals surface area contributed by atoms with Crippen molar-refractivity contribution in [2.45, 2.75) is 367 Å². The van der Waals surface area contributed by atoms with Crippen LogP contribution in [-0.2, 0) is 28.6 Å². The summed E-state index contributed by atoms with van der Waals surface area (Å²) in [5, 5.41) is 0. The molecule has 474 valence electrons. The van der Waals surface area contributed by atoms with Gasteiger partial charge < -0.3 is 14.2 Å². The van der Waals surface area contributed by atoms with E-state index in [1.54, 1.807) is 0 Å².